The molecular weight excluding hydrogens is 188 g/mol. The van der Waals surface area contributed by atoms with Crippen molar-refractivity contribution in [1.82, 2.24) is 9.78 Å². The number of nitrogens with zero attached hydrogens (tertiary/aromatic N) is 2. The molecule has 0 amide bonds. The maximum atomic E-state index is 11.4. The third-order valence-corrected chi connectivity index (χ3v) is 3.38. The molecule has 3 heteroatoms. The Hall–Kier alpha value is -1.12. The largest absolute Gasteiger partial charge is 0.300 e. The van der Waals surface area contributed by atoms with Crippen LogP contribution in [0.15, 0.2) is 12.4 Å². The maximum Gasteiger partial charge on any atom is 0.135 e. The molecule has 0 saturated heterocycles. The molecule has 0 spiro atoms. The number of hydrogen-bond donors (Lipinski definition) is 0. The van der Waals surface area contributed by atoms with Crippen LogP contribution < -0.4 is 0 Å². The number of rotatable bonds is 2. The summed E-state index contributed by atoms with van der Waals surface area (Å²) in [6.07, 6.45) is 7.41. The van der Waals surface area contributed by atoms with Gasteiger partial charge in [0, 0.05) is 19.0 Å². The summed E-state index contributed by atoms with van der Waals surface area (Å²) in [7, 11) is 0. The van der Waals surface area contributed by atoms with Gasteiger partial charge < -0.3 is 0 Å². The van der Waals surface area contributed by atoms with E-state index in [0.717, 1.165) is 19.3 Å². The van der Waals surface area contributed by atoms with E-state index >= 15 is 0 Å². The summed E-state index contributed by atoms with van der Waals surface area (Å²) in [5.41, 5.74) is 1.25. The van der Waals surface area contributed by atoms with Crippen LogP contribution in [-0.4, -0.2) is 15.6 Å². The molecule has 1 aliphatic rings. The van der Waals surface area contributed by atoms with Gasteiger partial charge in [0.1, 0.15) is 5.78 Å². The Bertz CT molecular complexity index is 356. The Morgan fingerprint density at radius 1 is 1.60 bits per heavy atom. The van der Waals surface area contributed by atoms with Gasteiger partial charge in [-0.3, -0.25) is 9.48 Å². The van der Waals surface area contributed by atoms with Gasteiger partial charge in [-0.2, -0.15) is 5.10 Å². The highest BCUT2D eigenvalue weighted by atomic mass is 16.1. The Morgan fingerprint density at radius 2 is 2.40 bits per heavy atom. The average molecular weight is 206 g/mol. The minimum absolute atomic E-state index is 0.284. The van der Waals surface area contributed by atoms with Crippen molar-refractivity contribution in [2.75, 3.05) is 0 Å². The molecule has 2 rings (SSSR count). The van der Waals surface area contributed by atoms with Gasteiger partial charge in [0.2, 0.25) is 0 Å². The first kappa shape index (κ1) is 10.4. The molecule has 2 unspecified atom stereocenters. The summed E-state index contributed by atoms with van der Waals surface area (Å²) in [5.74, 6) is 0.943. The summed E-state index contributed by atoms with van der Waals surface area (Å²) in [5, 5.41) is 4.36. The fourth-order valence-corrected chi connectivity index (χ4v) is 2.21. The van der Waals surface area contributed by atoms with Crippen LogP contribution in [-0.2, 0) is 11.2 Å². The molecule has 0 radical (unpaired) electrons. The molecule has 3 nitrogen and oxygen atoms in total. The second-order valence-corrected chi connectivity index (χ2v) is 4.51. The number of carbonyl (C=O) groups is 1. The molecular formula is C12H18N2O. The van der Waals surface area contributed by atoms with E-state index in [1.54, 1.807) is 0 Å². The van der Waals surface area contributed by atoms with Crippen molar-refractivity contribution in [3.05, 3.63) is 18.0 Å². The van der Waals surface area contributed by atoms with E-state index in [2.05, 4.69) is 25.1 Å². The molecule has 0 aromatic carbocycles. The summed E-state index contributed by atoms with van der Waals surface area (Å²) in [6.45, 7) is 4.33. The Morgan fingerprint density at radius 3 is 3.07 bits per heavy atom. The lowest BCUT2D eigenvalue weighted by Crippen LogP contribution is -2.26. The van der Waals surface area contributed by atoms with Gasteiger partial charge in [-0.1, -0.05) is 13.8 Å². The predicted octanol–water partition coefficient (Wildman–Crippen LogP) is 2.38. The minimum Gasteiger partial charge on any atom is -0.300 e. The molecule has 1 aliphatic carbocycles. The number of hydrogen-bond acceptors (Lipinski definition) is 2. The highest BCUT2D eigenvalue weighted by molar-refractivity contribution is 5.79. The Kier molecular flexibility index (Phi) is 2.89. The molecule has 1 heterocycles. The van der Waals surface area contributed by atoms with E-state index in [4.69, 9.17) is 0 Å². The van der Waals surface area contributed by atoms with Crippen LogP contribution in [0.5, 0.6) is 0 Å². The monoisotopic (exact) mass is 206 g/mol. The van der Waals surface area contributed by atoms with Crippen molar-refractivity contribution in [1.29, 1.82) is 0 Å². The third kappa shape index (κ3) is 2.11. The van der Waals surface area contributed by atoms with Gasteiger partial charge in [-0.05, 0) is 24.3 Å². The molecule has 0 bridgehead atoms. The molecule has 15 heavy (non-hydrogen) atoms. The standard InChI is InChI=1S/C12H18N2O/c1-3-10-7-13-14(8-10)12-6-11(15)5-4-9(12)2/h7-9,12H,3-6H2,1-2H3. The van der Waals surface area contributed by atoms with Gasteiger partial charge in [0.05, 0.1) is 12.2 Å². The van der Waals surface area contributed by atoms with Gasteiger partial charge in [-0.15, -0.1) is 0 Å². The van der Waals surface area contributed by atoms with Gasteiger partial charge in [0.25, 0.3) is 0 Å². The summed E-state index contributed by atoms with van der Waals surface area (Å²) >= 11 is 0. The van der Waals surface area contributed by atoms with Gasteiger partial charge in [-0.25, -0.2) is 0 Å². The molecule has 0 N–H and O–H groups in total. The smallest absolute Gasteiger partial charge is 0.135 e. The fourth-order valence-electron chi connectivity index (χ4n) is 2.21. The van der Waals surface area contributed by atoms with Crippen LogP contribution in [0.2, 0.25) is 0 Å². The fraction of sp³-hybridized carbons (Fsp3) is 0.667. The first-order chi connectivity index (χ1) is 7.20. The zero-order valence-electron chi connectivity index (χ0n) is 9.44. The molecule has 1 aromatic heterocycles. The van der Waals surface area contributed by atoms with E-state index < -0.39 is 0 Å². The van der Waals surface area contributed by atoms with Crippen LogP contribution >= 0.6 is 0 Å². The maximum absolute atomic E-state index is 11.4. The van der Waals surface area contributed by atoms with Crippen LogP contribution in [0.3, 0.4) is 0 Å². The highest BCUT2D eigenvalue weighted by Gasteiger charge is 2.27. The Balaban J connectivity index is 2.17. The molecule has 1 fully saturated rings. The van der Waals surface area contributed by atoms with E-state index in [1.807, 2.05) is 10.9 Å². The molecule has 2 atom stereocenters. The van der Waals surface area contributed by atoms with Crippen LogP contribution in [0.1, 0.15) is 44.7 Å². The van der Waals surface area contributed by atoms with Crippen molar-refractivity contribution < 1.29 is 4.79 Å². The van der Waals surface area contributed by atoms with E-state index in [0.29, 0.717) is 18.1 Å². The lowest BCUT2D eigenvalue weighted by atomic mass is 9.85. The number of carbonyl (C=O) groups excluding carboxylic acids is 1. The lowest BCUT2D eigenvalue weighted by Gasteiger charge is -2.28. The van der Waals surface area contributed by atoms with Crippen LogP contribution in [0, 0.1) is 5.92 Å². The minimum atomic E-state index is 0.284. The quantitative estimate of drug-likeness (QED) is 0.744. The van der Waals surface area contributed by atoms with Crippen LogP contribution in [0.4, 0.5) is 0 Å². The highest BCUT2D eigenvalue weighted by Crippen LogP contribution is 2.31. The van der Waals surface area contributed by atoms with Crippen LogP contribution in [0.25, 0.3) is 0 Å². The van der Waals surface area contributed by atoms with E-state index in [1.165, 1.54) is 5.56 Å². The topological polar surface area (TPSA) is 34.9 Å². The predicted molar refractivity (Wildman–Crippen MR) is 58.7 cm³/mol. The first-order valence-electron chi connectivity index (χ1n) is 5.75. The van der Waals surface area contributed by atoms with Gasteiger partial charge >= 0.3 is 0 Å². The molecule has 1 aromatic rings. The lowest BCUT2D eigenvalue weighted by molar-refractivity contribution is -0.122. The van der Waals surface area contributed by atoms with Crippen molar-refractivity contribution >= 4 is 5.78 Å². The van der Waals surface area contributed by atoms with Gasteiger partial charge in [0.15, 0.2) is 0 Å². The summed E-state index contributed by atoms with van der Waals surface area (Å²) < 4.78 is 1.99. The first-order valence-corrected chi connectivity index (χ1v) is 5.75. The number of aryl methyl sites for hydroxylation is 1. The SMILES string of the molecule is CCc1cnn(C2CC(=O)CCC2C)c1. The van der Waals surface area contributed by atoms with E-state index in [-0.39, 0.29) is 6.04 Å². The number of ketones is 1. The second kappa shape index (κ2) is 4.17. The number of aromatic nitrogens is 2. The van der Waals surface area contributed by atoms with Crippen molar-refractivity contribution in [3.8, 4) is 0 Å². The van der Waals surface area contributed by atoms with Crippen molar-refractivity contribution in [2.45, 2.75) is 45.6 Å². The molecule has 82 valence electrons. The summed E-state index contributed by atoms with van der Waals surface area (Å²) in [6, 6.07) is 0.284. The average Bonchev–Trinajstić information content (AvgIpc) is 2.70. The number of Topliss-reactive ketones (excluding diaryl/α,β-unsaturated/α-hetero) is 1. The third-order valence-electron chi connectivity index (χ3n) is 3.38. The van der Waals surface area contributed by atoms with E-state index in [9.17, 15) is 4.79 Å². The normalized spacial score (nSPS) is 26.9. The zero-order chi connectivity index (χ0) is 10.8. The molecule has 0 aliphatic heterocycles. The summed E-state index contributed by atoms with van der Waals surface area (Å²) in [4.78, 5) is 11.4. The Labute approximate surface area is 90.5 Å². The molecule has 1 saturated carbocycles. The zero-order valence-corrected chi connectivity index (χ0v) is 9.44. The second-order valence-electron chi connectivity index (χ2n) is 4.51. The van der Waals surface area contributed by atoms with Crippen molar-refractivity contribution in [2.24, 2.45) is 5.92 Å². The van der Waals surface area contributed by atoms with Crippen molar-refractivity contribution in [3.63, 3.8) is 0 Å².